The first-order valence-electron chi connectivity index (χ1n) is 7.11. The van der Waals surface area contributed by atoms with Crippen LogP contribution in [0.1, 0.15) is 12.5 Å². The first-order chi connectivity index (χ1) is 10.3. The third-order valence-electron chi connectivity index (χ3n) is 3.36. The van der Waals surface area contributed by atoms with Gasteiger partial charge in [-0.25, -0.2) is 4.98 Å². The highest BCUT2D eigenvalue weighted by Gasteiger charge is 2.11. The van der Waals surface area contributed by atoms with Crippen molar-refractivity contribution in [2.75, 3.05) is 0 Å². The van der Waals surface area contributed by atoms with Crippen molar-refractivity contribution in [3.05, 3.63) is 72.7 Å². The Morgan fingerprint density at radius 2 is 1.81 bits per heavy atom. The second-order valence-electron chi connectivity index (χ2n) is 5.07. The minimum Gasteiger partial charge on any atom is -0.490 e. The lowest BCUT2D eigenvalue weighted by Crippen LogP contribution is -2.15. The van der Waals surface area contributed by atoms with Crippen molar-refractivity contribution in [3.8, 4) is 17.0 Å². The predicted molar refractivity (Wildman–Crippen MR) is 84.3 cm³/mol. The van der Waals surface area contributed by atoms with Crippen LogP contribution in [0.4, 0.5) is 0 Å². The highest BCUT2D eigenvalue weighted by molar-refractivity contribution is 5.66. The van der Waals surface area contributed by atoms with E-state index >= 15 is 0 Å². The first kappa shape index (κ1) is 13.4. The number of rotatable bonds is 5. The van der Waals surface area contributed by atoms with Gasteiger partial charge >= 0.3 is 0 Å². The second kappa shape index (κ2) is 6.27. The lowest BCUT2D eigenvalue weighted by atomic mass is 10.1. The van der Waals surface area contributed by atoms with Gasteiger partial charge in [-0.2, -0.15) is 0 Å². The van der Waals surface area contributed by atoms with Gasteiger partial charge in [0.1, 0.15) is 5.75 Å². The molecule has 0 aliphatic carbocycles. The molecule has 0 spiro atoms. The zero-order chi connectivity index (χ0) is 14.5. The summed E-state index contributed by atoms with van der Waals surface area (Å²) in [5, 5.41) is 0. The number of H-pyrrole nitrogens is 1. The Morgan fingerprint density at radius 3 is 2.57 bits per heavy atom. The van der Waals surface area contributed by atoms with Crippen LogP contribution in [0.2, 0.25) is 0 Å². The summed E-state index contributed by atoms with van der Waals surface area (Å²) in [7, 11) is 0. The zero-order valence-electron chi connectivity index (χ0n) is 12.0. The third kappa shape index (κ3) is 3.31. The van der Waals surface area contributed by atoms with Crippen LogP contribution in [0, 0.1) is 0 Å². The molecule has 1 N–H and O–H groups in total. The van der Waals surface area contributed by atoms with Gasteiger partial charge < -0.3 is 9.72 Å². The molecule has 1 atom stereocenters. The van der Waals surface area contributed by atoms with Gasteiger partial charge in [-0.3, -0.25) is 0 Å². The zero-order valence-corrected chi connectivity index (χ0v) is 12.0. The maximum absolute atomic E-state index is 6.12. The molecule has 1 unspecified atom stereocenters. The predicted octanol–water partition coefficient (Wildman–Crippen LogP) is 4.09. The summed E-state index contributed by atoms with van der Waals surface area (Å²) in [6.07, 6.45) is 4.55. The Kier molecular flexibility index (Phi) is 4.01. The molecule has 0 fully saturated rings. The number of nitrogens with one attached hydrogen (secondary N) is 1. The Labute approximate surface area is 124 Å². The number of hydrogen-bond donors (Lipinski definition) is 1. The van der Waals surface area contributed by atoms with Gasteiger partial charge in [0, 0.05) is 18.2 Å². The molecule has 2 aromatic carbocycles. The first-order valence-corrected chi connectivity index (χ1v) is 7.11. The topological polar surface area (TPSA) is 37.9 Å². The van der Waals surface area contributed by atoms with Gasteiger partial charge in [-0.05, 0) is 24.6 Å². The molecule has 0 amide bonds. The van der Waals surface area contributed by atoms with Crippen molar-refractivity contribution in [3.63, 3.8) is 0 Å². The van der Waals surface area contributed by atoms with E-state index in [1.165, 1.54) is 5.56 Å². The van der Waals surface area contributed by atoms with Gasteiger partial charge in [0.25, 0.3) is 0 Å². The molecule has 0 radical (unpaired) electrons. The minimum atomic E-state index is 0.104. The average molecular weight is 278 g/mol. The molecule has 106 valence electrons. The lowest BCUT2D eigenvalue weighted by molar-refractivity contribution is 0.223. The van der Waals surface area contributed by atoms with E-state index in [2.05, 4.69) is 41.2 Å². The minimum absolute atomic E-state index is 0.104. The van der Waals surface area contributed by atoms with Crippen molar-refractivity contribution < 1.29 is 4.74 Å². The Morgan fingerprint density at radius 1 is 1.05 bits per heavy atom. The largest absolute Gasteiger partial charge is 0.490 e. The summed E-state index contributed by atoms with van der Waals surface area (Å²) in [6.45, 7) is 2.09. The Balaban J connectivity index is 1.76. The molecule has 0 saturated carbocycles. The van der Waals surface area contributed by atoms with Crippen LogP contribution in [0.15, 0.2) is 67.1 Å². The van der Waals surface area contributed by atoms with E-state index in [-0.39, 0.29) is 6.10 Å². The summed E-state index contributed by atoms with van der Waals surface area (Å²) >= 11 is 0. The summed E-state index contributed by atoms with van der Waals surface area (Å²) in [4.78, 5) is 7.28. The molecule has 0 saturated heterocycles. The van der Waals surface area contributed by atoms with Crippen LogP contribution in [-0.4, -0.2) is 16.1 Å². The monoisotopic (exact) mass is 278 g/mol. The summed E-state index contributed by atoms with van der Waals surface area (Å²) in [5.74, 6) is 0.869. The van der Waals surface area contributed by atoms with Crippen LogP contribution in [-0.2, 0) is 6.42 Å². The molecule has 0 aliphatic rings. The quantitative estimate of drug-likeness (QED) is 0.763. The van der Waals surface area contributed by atoms with E-state index < -0.39 is 0 Å². The SMILES string of the molecule is CC(Cc1ccccc1)Oc1ccccc1-c1c[nH]cn1. The molecule has 21 heavy (non-hydrogen) atoms. The van der Waals surface area contributed by atoms with Crippen LogP contribution in [0.5, 0.6) is 5.75 Å². The fourth-order valence-corrected chi connectivity index (χ4v) is 2.39. The summed E-state index contributed by atoms with van der Waals surface area (Å²) in [6, 6.07) is 18.4. The van der Waals surface area contributed by atoms with Gasteiger partial charge in [0.05, 0.1) is 18.1 Å². The van der Waals surface area contributed by atoms with Gasteiger partial charge in [-0.1, -0.05) is 42.5 Å². The number of aromatic nitrogens is 2. The maximum atomic E-state index is 6.12. The number of para-hydroxylation sites is 1. The fraction of sp³-hybridized carbons (Fsp3) is 0.167. The van der Waals surface area contributed by atoms with Gasteiger partial charge in [-0.15, -0.1) is 0 Å². The standard InChI is InChI=1S/C18H18N2O/c1-14(11-15-7-3-2-4-8-15)21-18-10-6-5-9-16(18)17-12-19-13-20-17/h2-10,12-14H,11H2,1H3,(H,19,20). The van der Waals surface area contributed by atoms with Crippen LogP contribution in [0.3, 0.4) is 0 Å². The van der Waals surface area contributed by atoms with Crippen molar-refractivity contribution >= 4 is 0 Å². The van der Waals surface area contributed by atoms with Crippen molar-refractivity contribution in [2.45, 2.75) is 19.4 Å². The molecule has 1 aromatic heterocycles. The molecular formula is C18H18N2O. The normalized spacial score (nSPS) is 12.0. The molecule has 1 heterocycles. The summed E-state index contributed by atoms with van der Waals surface area (Å²) < 4.78 is 6.12. The molecule has 0 aliphatic heterocycles. The number of benzene rings is 2. The molecule has 3 nitrogen and oxygen atoms in total. The molecular weight excluding hydrogens is 260 g/mol. The maximum Gasteiger partial charge on any atom is 0.129 e. The molecule has 0 bridgehead atoms. The van der Waals surface area contributed by atoms with Gasteiger partial charge in [0.15, 0.2) is 0 Å². The molecule has 3 aromatic rings. The molecule has 3 rings (SSSR count). The van der Waals surface area contributed by atoms with E-state index in [1.807, 2.05) is 36.5 Å². The molecule has 3 heteroatoms. The summed E-state index contributed by atoms with van der Waals surface area (Å²) in [5.41, 5.74) is 3.19. The number of ether oxygens (including phenoxy) is 1. The van der Waals surface area contributed by atoms with E-state index in [1.54, 1.807) is 6.33 Å². The van der Waals surface area contributed by atoms with Crippen molar-refractivity contribution in [1.29, 1.82) is 0 Å². The highest BCUT2D eigenvalue weighted by atomic mass is 16.5. The number of hydrogen-bond acceptors (Lipinski definition) is 2. The lowest BCUT2D eigenvalue weighted by Gasteiger charge is -2.17. The Hall–Kier alpha value is -2.55. The highest BCUT2D eigenvalue weighted by Crippen LogP contribution is 2.29. The third-order valence-corrected chi connectivity index (χ3v) is 3.36. The fourth-order valence-electron chi connectivity index (χ4n) is 2.39. The van der Waals surface area contributed by atoms with E-state index in [0.29, 0.717) is 0 Å². The van der Waals surface area contributed by atoms with Crippen molar-refractivity contribution in [1.82, 2.24) is 9.97 Å². The van der Waals surface area contributed by atoms with Crippen LogP contribution < -0.4 is 4.74 Å². The number of imidazole rings is 1. The van der Waals surface area contributed by atoms with Gasteiger partial charge in [0.2, 0.25) is 0 Å². The smallest absolute Gasteiger partial charge is 0.129 e. The second-order valence-corrected chi connectivity index (χ2v) is 5.07. The van der Waals surface area contributed by atoms with Crippen molar-refractivity contribution in [2.24, 2.45) is 0 Å². The number of nitrogens with zero attached hydrogens (tertiary/aromatic N) is 1. The van der Waals surface area contributed by atoms with E-state index in [0.717, 1.165) is 23.4 Å². The average Bonchev–Trinajstić information content (AvgIpc) is 3.03. The van der Waals surface area contributed by atoms with Crippen LogP contribution in [0.25, 0.3) is 11.3 Å². The van der Waals surface area contributed by atoms with E-state index in [9.17, 15) is 0 Å². The number of aromatic amines is 1. The Bertz CT molecular complexity index is 677. The van der Waals surface area contributed by atoms with E-state index in [4.69, 9.17) is 4.74 Å². The van der Waals surface area contributed by atoms with Crippen LogP contribution >= 0.6 is 0 Å².